The van der Waals surface area contributed by atoms with Crippen molar-refractivity contribution < 1.29 is 25.8 Å². The molecular weight excluding hydrogens is 740 g/mol. The van der Waals surface area contributed by atoms with E-state index in [1.165, 1.54) is 44.4 Å². The van der Waals surface area contributed by atoms with Gasteiger partial charge < -0.3 is 9.08 Å². The van der Waals surface area contributed by atoms with Gasteiger partial charge in [0.05, 0.1) is 5.69 Å². The van der Waals surface area contributed by atoms with Gasteiger partial charge in [-0.1, -0.05) is 158 Å². The molecule has 0 bridgehead atoms. The fourth-order valence-corrected chi connectivity index (χ4v) is 7.35. The van der Waals surface area contributed by atoms with Crippen LogP contribution in [0.15, 0.2) is 206 Å². The molecule has 0 spiro atoms. The number of fused-ring (bicyclic) bond motifs is 3. The number of halogens is 3. The molecular formula is C49H34F3NO3S. The minimum absolute atomic E-state index is 0.266. The average molecular weight is 774 g/mol. The van der Waals surface area contributed by atoms with Crippen molar-refractivity contribution in [1.29, 1.82) is 0 Å². The van der Waals surface area contributed by atoms with Crippen LogP contribution in [-0.4, -0.2) is 13.9 Å². The van der Waals surface area contributed by atoms with Crippen molar-refractivity contribution in [3.8, 4) is 28.0 Å². The molecule has 280 valence electrons. The van der Waals surface area contributed by atoms with Crippen molar-refractivity contribution in [2.75, 3.05) is 4.90 Å². The van der Waals surface area contributed by atoms with E-state index < -0.39 is 15.6 Å². The number of nitrogens with zero attached hydrogens (tertiary/aromatic N) is 1. The number of rotatable bonds is 7. The van der Waals surface area contributed by atoms with Crippen molar-refractivity contribution in [2.45, 2.75) is 5.51 Å². The maximum Gasteiger partial charge on any atom is 0.534 e. The second-order valence-electron chi connectivity index (χ2n) is 13.3. The van der Waals surface area contributed by atoms with Crippen LogP contribution in [-0.2, 0) is 10.1 Å². The predicted octanol–water partition coefficient (Wildman–Crippen LogP) is 13.9. The highest BCUT2D eigenvalue weighted by atomic mass is 32.2. The van der Waals surface area contributed by atoms with Crippen LogP contribution >= 0.6 is 0 Å². The van der Waals surface area contributed by atoms with E-state index in [9.17, 15) is 21.6 Å². The number of anilines is 3. The number of para-hydroxylation sites is 1. The lowest BCUT2D eigenvalue weighted by Crippen LogP contribution is -2.28. The molecule has 0 aromatic heterocycles. The van der Waals surface area contributed by atoms with Crippen molar-refractivity contribution in [2.24, 2.45) is 0 Å². The molecule has 0 N–H and O–H groups in total. The molecule has 4 nitrogen and oxygen atoms in total. The Labute approximate surface area is 328 Å². The van der Waals surface area contributed by atoms with Crippen LogP contribution < -0.4 is 9.08 Å². The number of hydrogen-bond acceptors (Lipinski definition) is 4. The van der Waals surface area contributed by atoms with E-state index in [-0.39, 0.29) is 11.3 Å². The molecule has 0 amide bonds. The van der Waals surface area contributed by atoms with Crippen LogP contribution in [0.25, 0.3) is 54.6 Å². The van der Waals surface area contributed by atoms with Gasteiger partial charge in [-0.2, -0.15) is 21.6 Å². The topological polar surface area (TPSA) is 46.6 Å². The van der Waals surface area contributed by atoms with Crippen molar-refractivity contribution in [1.82, 2.24) is 0 Å². The molecule has 9 aromatic carbocycles. The Kier molecular flexibility index (Phi) is 10.2. The van der Waals surface area contributed by atoms with Crippen LogP contribution in [0.4, 0.5) is 30.2 Å². The third kappa shape index (κ3) is 7.94. The highest BCUT2D eigenvalue weighted by Gasteiger charge is 2.48. The summed E-state index contributed by atoms with van der Waals surface area (Å²) in [5, 5.41) is 6.28. The summed E-state index contributed by atoms with van der Waals surface area (Å²) in [4.78, 5) is 2.38. The molecule has 0 aliphatic rings. The normalized spacial score (nSPS) is 11.6. The third-order valence-corrected chi connectivity index (χ3v) is 10.6. The van der Waals surface area contributed by atoms with Crippen molar-refractivity contribution >= 4 is 59.5 Å². The summed E-state index contributed by atoms with van der Waals surface area (Å²) < 4.78 is 65.2. The molecule has 8 heteroatoms. The molecule has 0 fully saturated rings. The summed E-state index contributed by atoms with van der Waals surface area (Å²) in [6, 6.07) is 68.1. The first-order valence-electron chi connectivity index (χ1n) is 18.2. The first-order valence-corrected chi connectivity index (χ1v) is 19.6. The average Bonchev–Trinajstić information content (AvgIpc) is 3.24. The Morgan fingerprint density at radius 1 is 0.404 bits per heavy atom. The molecule has 0 aliphatic carbocycles. The second kappa shape index (κ2) is 15.7. The quantitative estimate of drug-likeness (QED) is 0.120. The van der Waals surface area contributed by atoms with Gasteiger partial charge >= 0.3 is 15.6 Å². The number of benzene rings is 9. The third-order valence-electron chi connectivity index (χ3n) is 9.61. The summed E-state index contributed by atoms with van der Waals surface area (Å²) in [6.45, 7) is 0. The van der Waals surface area contributed by atoms with Gasteiger partial charge in [-0.15, -0.1) is 0 Å². The van der Waals surface area contributed by atoms with Crippen molar-refractivity contribution in [3.63, 3.8) is 0 Å². The molecule has 0 aliphatic heterocycles. The SMILES string of the molecule is O=S(=O)(Oc1cc2ccccc2cc1-c1ccccc1)C(F)(F)F.c1ccc(-c2cc3ccccc3cc2N(c2ccccc2)c2ccc3ccccc3c2)cc1. The van der Waals surface area contributed by atoms with Gasteiger partial charge in [0.2, 0.25) is 0 Å². The molecule has 0 saturated heterocycles. The van der Waals surface area contributed by atoms with E-state index in [1.54, 1.807) is 60.7 Å². The summed E-state index contributed by atoms with van der Waals surface area (Å²) in [6.07, 6.45) is 0. The highest BCUT2D eigenvalue weighted by Crippen LogP contribution is 2.43. The number of hydrogen-bond donors (Lipinski definition) is 0. The van der Waals surface area contributed by atoms with Gasteiger partial charge in [0, 0.05) is 22.5 Å². The van der Waals surface area contributed by atoms with E-state index in [0.29, 0.717) is 10.9 Å². The van der Waals surface area contributed by atoms with Gasteiger partial charge in [0.1, 0.15) is 0 Å². The van der Waals surface area contributed by atoms with Gasteiger partial charge in [-0.05, 0) is 92.0 Å². The van der Waals surface area contributed by atoms with Gasteiger partial charge in [0.25, 0.3) is 0 Å². The summed E-state index contributed by atoms with van der Waals surface area (Å²) in [5.74, 6) is -0.364. The molecule has 0 atom stereocenters. The van der Waals surface area contributed by atoms with E-state index in [4.69, 9.17) is 0 Å². The Hall–Kier alpha value is -6.90. The Bertz CT molecular complexity index is 2940. The predicted molar refractivity (Wildman–Crippen MR) is 227 cm³/mol. The van der Waals surface area contributed by atoms with Crippen molar-refractivity contribution in [3.05, 3.63) is 206 Å². The number of alkyl halides is 3. The van der Waals surface area contributed by atoms with Crippen LogP contribution in [0.2, 0.25) is 0 Å². The van der Waals surface area contributed by atoms with Gasteiger partial charge in [-0.3, -0.25) is 0 Å². The molecule has 57 heavy (non-hydrogen) atoms. The zero-order valence-electron chi connectivity index (χ0n) is 30.3. The largest absolute Gasteiger partial charge is 0.534 e. The Morgan fingerprint density at radius 3 is 1.37 bits per heavy atom. The molecule has 0 heterocycles. The van der Waals surface area contributed by atoms with Crippen LogP contribution in [0.1, 0.15) is 0 Å². The minimum Gasteiger partial charge on any atom is -0.375 e. The molecule has 9 aromatic rings. The first-order chi connectivity index (χ1) is 27.6. The van der Waals surface area contributed by atoms with Crippen LogP contribution in [0.5, 0.6) is 5.75 Å². The Balaban J connectivity index is 0.000000169. The van der Waals surface area contributed by atoms with Crippen LogP contribution in [0, 0.1) is 0 Å². The van der Waals surface area contributed by atoms with E-state index in [1.807, 2.05) is 0 Å². The molecule has 9 rings (SSSR count). The van der Waals surface area contributed by atoms with E-state index in [2.05, 4.69) is 149 Å². The second-order valence-corrected chi connectivity index (χ2v) is 14.9. The minimum atomic E-state index is -5.75. The zero-order valence-corrected chi connectivity index (χ0v) is 31.2. The van der Waals surface area contributed by atoms with E-state index >= 15 is 0 Å². The molecule has 0 unspecified atom stereocenters. The zero-order chi connectivity index (χ0) is 39.4. The molecule has 0 saturated carbocycles. The smallest absolute Gasteiger partial charge is 0.375 e. The van der Waals surface area contributed by atoms with Crippen LogP contribution in [0.3, 0.4) is 0 Å². The first kappa shape index (κ1) is 37.0. The standard InChI is InChI=1S/C32H23N.C17H11F3O3S/c1-3-12-25(13-4-1)31-22-27-15-9-10-16-28(27)23-32(31)33(29-17-5-2-6-18-29)30-20-19-24-11-7-8-14-26(24)21-30;18-17(19,20)24(21,22)23-16-11-14-9-5-4-8-13(14)10-15(16)12-6-2-1-3-7-12/h1-23H;1-11H. The lowest BCUT2D eigenvalue weighted by molar-refractivity contribution is -0.0499. The maximum atomic E-state index is 12.7. The fourth-order valence-electron chi connectivity index (χ4n) is 6.88. The van der Waals surface area contributed by atoms with Gasteiger partial charge in [0.15, 0.2) is 5.75 Å². The maximum absolute atomic E-state index is 12.7. The highest BCUT2D eigenvalue weighted by molar-refractivity contribution is 7.88. The summed E-state index contributed by atoms with van der Waals surface area (Å²) >= 11 is 0. The fraction of sp³-hybridized carbons (Fsp3) is 0.0204. The lowest BCUT2D eigenvalue weighted by atomic mass is 9.97. The Morgan fingerprint density at radius 2 is 0.825 bits per heavy atom. The molecule has 0 radical (unpaired) electrons. The van der Waals surface area contributed by atoms with E-state index in [0.717, 1.165) is 16.8 Å². The lowest BCUT2D eigenvalue weighted by Gasteiger charge is -2.28. The monoisotopic (exact) mass is 773 g/mol. The summed E-state index contributed by atoms with van der Waals surface area (Å²) in [7, 11) is -5.75. The summed E-state index contributed by atoms with van der Waals surface area (Å²) in [5.41, 5.74) is 1.20. The van der Waals surface area contributed by atoms with Gasteiger partial charge in [-0.25, -0.2) is 0 Å².